The largest absolute Gasteiger partial charge is 0.371 e. The predicted molar refractivity (Wildman–Crippen MR) is 140 cm³/mol. The van der Waals surface area contributed by atoms with Crippen molar-refractivity contribution in [3.63, 3.8) is 0 Å². The first-order chi connectivity index (χ1) is 17.5. The number of rotatable bonds is 4. The Hall–Kier alpha value is -4.52. The topological polar surface area (TPSA) is 115 Å². The zero-order valence-corrected chi connectivity index (χ0v) is 19.6. The summed E-state index contributed by atoms with van der Waals surface area (Å²) in [5.41, 5.74) is 18.3. The van der Waals surface area contributed by atoms with Crippen LogP contribution < -0.4 is 16.4 Å². The smallest absolute Gasteiger partial charge is 0.248 e. The molecule has 2 aliphatic rings. The number of primary amides is 1. The van der Waals surface area contributed by atoms with E-state index in [9.17, 15) is 9.59 Å². The number of benzene rings is 3. The number of nitrogens with two attached hydrogens (primary N) is 2. The molecule has 0 atom stereocenters. The third-order valence-electron chi connectivity index (χ3n) is 7.23. The van der Waals surface area contributed by atoms with Crippen LogP contribution in [0.25, 0.3) is 22.5 Å². The SMILES string of the molecule is NC(=O)c1ccc(C2CCN(c3cccc4c3-c3nc(N)nc(-c5ccccc5)c3C4=O)CC2)cc1. The molecule has 1 fully saturated rings. The summed E-state index contributed by atoms with van der Waals surface area (Å²) in [6.07, 6.45) is 1.92. The summed E-state index contributed by atoms with van der Waals surface area (Å²) in [7, 11) is 0. The number of fused-ring (bicyclic) bond motifs is 3. The summed E-state index contributed by atoms with van der Waals surface area (Å²) in [5.74, 6) is 0.0757. The predicted octanol–water partition coefficient (Wildman–Crippen LogP) is 4.42. The van der Waals surface area contributed by atoms with Crippen LogP contribution in [0, 0.1) is 0 Å². The van der Waals surface area contributed by atoms with Crippen molar-refractivity contribution in [3.8, 4) is 22.5 Å². The minimum absolute atomic E-state index is 0.0647. The van der Waals surface area contributed by atoms with Gasteiger partial charge in [-0.2, -0.15) is 0 Å². The van der Waals surface area contributed by atoms with E-state index in [1.165, 1.54) is 5.56 Å². The Balaban J connectivity index is 1.33. The van der Waals surface area contributed by atoms with Crippen molar-refractivity contribution in [1.82, 2.24) is 9.97 Å². The minimum Gasteiger partial charge on any atom is -0.371 e. The first-order valence-electron chi connectivity index (χ1n) is 12.1. The number of hydrogen-bond donors (Lipinski definition) is 2. The van der Waals surface area contributed by atoms with Gasteiger partial charge in [-0.15, -0.1) is 0 Å². The van der Waals surface area contributed by atoms with Crippen LogP contribution in [0.15, 0.2) is 72.8 Å². The standard InChI is InChI=1S/C29H25N5O2/c30-28(36)20-11-9-17(10-12-20)18-13-15-34(16-14-18)22-8-4-7-21-23(22)26-24(27(21)35)25(32-29(31)33-26)19-5-2-1-3-6-19/h1-12,18H,13-16H2,(H2,30,36)(H2,31,32,33). The second-order valence-corrected chi connectivity index (χ2v) is 9.30. The Morgan fingerprint density at radius 1 is 0.833 bits per heavy atom. The summed E-state index contributed by atoms with van der Waals surface area (Å²) in [5, 5.41) is 0. The molecule has 36 heavy (non-hydrogen) atoms. The Labute approximate surface area is 208 Å². The van der Waals surface area contributed by atoms with Crippen molar-refractivity contribution < 1.29 is 9.59 Å². The van der Waals surface area contributed by atoms with E-state index < -0.39 is 5.91 Å². The molecule has 0 radical (unpaired) electrons. The molecular weight excluding hydrogens is 450 g/mol. The number of piperidine rings is 1. The second-order valence-electron chi connectivity index (χ2n) is 9.30. The normalized spacial score (nSPS) is 15.0. The van der Waals surface area contributed by atoms with Crippen LogP contribution in [0.2, 0.25) is 0 Å². The van der Waals surface area contributed by atoms with Crippen molar-refractivity contribution in [1.29, 1.82) is 0 Å². The Kier molecular flexibility index (Phi) is 5.25. The van der Waals surface area contributed by atoms with E-state index in [0.717, 1.165) is 42.7 Å². The van der Waals surface area contributed by atoms with E-state index in [2.05, 4.69) is 20.9 Å². The summed E-state index contributed by atoms with van der Waals surface area (Å²) in [4.78, 5) is 36.3. The number of carbonyl (C=O) groups excluding carboxylic acids is 2. The third-order valence-corrected chi connectivity index (χ3v) is 7.23. The van der Waals surface area contributed by atoms with Crippen LogP contribution in [0.1, 0.15) is 50.6 Å². The fraction of sp³-hybridized carbons (Fsp3) is 0.172. The summed E-state index contributed by atoms with van der Waals surface area (Å²) < 4.78 is 0. The monoisotopic (exact) mass is 475 g/mol. The molecule has 7 heteroatoms. The van der Waals surface area contributed by atoms with Crippen molar-refractivity contribution in [3.05, 3.63) is 95.1 Å². The fourth-order valence-corrected chi connectivity index (χ4v) is 5.43. The molecule has 1 aliphatic heterocycles. The number of nitrogen functional groups attached to an aromatic ring is 1. The number of carbonyl (C=O) groups is 2. The maximum absolute atomic E-state index is 13.6. The first kappa shape index (κ1) is 22.0. The van der Waals surface area contributed by atoms with Gasteiger partial charge < -0.3 is 16.4 Å². The molecular formula is C29H25N5O2. The van der Waals surface area contributed by atoms with E-state index in [1.807, 2.05) is 54.6 Å². The van der Waals surface area contributed by atoms with Crippen LogP contribution in [0.3, 0.4) is 0 Å². The van der Waals surface area contributed by atoms with E-state index in [-0.39, 0.29) is 11.7 Å². The van der Waals surface area contributed by atoms with Crippen LogP contribution in [-0.2, 0) is 0 Å². The highest BCUT2D eigenvalue weighted by Gasteiger charge is 2.36. The maximum atomic E-state index is 13.6. The minimum atomic E-state index is -0.413. The van der Waals surface area contributed by atoms with Gasteiger partial charge in [0.1, 0.15) is 0 Å². The average molecular weight is 476 g/mol. The molecule has 0 saturated carbocycles. The van der Waals surface area contributed by atoms with Gasteiger partial charge in [0.2, 0.25) is 11.9 Å². The van der Waals surface area contributed by atoms with Gasteiger partial charge in [-0.25, -0.2) is 9.97 Å². The summed E-state index contributed by atoms with van der Waals surface area (Å²) in [6.45, 7) is 1.68. The molecule has 0 bridgehead atoms. The van der Waals surface area contributed by atoms with Crippen molar-refractivity contribution >= 4 is 23.3 Å². The Morgan fingerprint density at radius 2 is 1.53 bits per heavy atom. The molecule has 6 rings (SSSR count). The van der Waals surface area contributed by atoms with Crippen molar-refractivity contribution in [2.45, 2.75) is 18.8 Å². The van der Waals surface area contributed by atoms with E-state index in [1.54, 1.807) is 12.1 Å². The summed E-state index contributed by atoms with van der Waals surface area (Å²) in [6, 6.07) is 23.1. The van der Waals surface area contributed by atoms with Crippen molar-refractivity contribution in [2.24, 2.45) is 5.73 Å². The van der Waals surface area contributed by atoms with E-state index in [4.69, 9.17) is 11.5 Å². The lowest BCUT2D eigenvalue weighted by Crippen LogP contribution is -2.33. The zero-order valence-electron chi connectivity index (χ0n) is 19.6. The van der Waals surface area contributed by atoms with Gasteiger partial charge in [0.05, 0.1) is 17.0 Å². The van der Waals surface area contributed by atoms with Gasteiger partial charge in [0.15, 0.2) is 5.78 Å². The highest BCUT2D eigenvalue weighted by Crippen LogP contribution is 2.45. The molecule has 4 aromatic rings. The van der Waals surface area contributed by atoms with Crippen LogP contribution >= 0.6 is 0 Å². The van der Waals surface area contributed by atoms with Crippen LogP contribution in [0.5, 0.6) is 0 Å². The number of ketones is 1. The lowest BCUT2D eigenvalue weighted by molar-refractivity contribution is 0.0998. The van der Waals surface area contributed by atoms with Gasteiger partial charge in [-0.1, -0.05) is 54.6 Å². The average Bonchev–Trinajstić information content (AvgIpc) is 3.20. The molecule has 1 aliphatic carbocycles. The third kappa shape index (κ3) is 3.60. The molecule has 0 unspecified atom stereocenters. The highest BCUT2D eigenvalue weighted by atomic mass is 16.1. The highest BCUT2D eigenvalue weighted by molar-refractivity contribution is 6.25. The molecule has 178 valence electrons. The van der Waals surface area contributed by atoms with Crippen LogP contribution in [-0.4, -0.2) is 34.7 Å². The molecule has 1 saturated heterocycles. The molecule has 0 spiro atoms. The lowest BCUT2D eigenvalue weighted by Gasteiger charge is -2.35. The number of nitrogens with zero attached hydrogens (tertiary/aromatic N) is 3. The summed E-state index contributed by atoms with van der Waals surface area (Å²) >= 11 is 0. The van der Waals surface area contributed by atoms with Gasteiger partial charge >= 0.3 is 0 Å². The van der Waals surface area contributed by atoms with Gasteiger partial charge in [-0.3, -0.25) is 9.59 Å². The molecule has 7 nitrogen and oxygen atoms in total. The molecule has 1 amide bonds. The molecule has 1 aromatic heterocycles. The van der Waals surface area contributed by atoms with Gasteiger partial charge in [0, 0.05) is 41.0 Å². The zero-order chi connectivity index (χ0) is 24.8. The van der Waals surface area contributed by atoms with Gasteiger partial charge in [-0.05, 0) is 42.5 Å². The fourth-order valence-electron chi connectivity index (χ4n) is 5.43. The number of amides is 1. The molecule has 2 heterocycles. The first-order valence-corrected chi connectivity index (χ1v) is 12.1. The van der Waals surface area contributed by atoms with E-state index >= 15 is 0 Å². The van der Waals surface area contributed by atoms with Crippen LogP contribution in [0.4, 0.5) is 11.6 Å². The molecule has 3 aromatic carbocycles. The quantitative estimate of drug-likeness (QED) is 0.398. The lowest BCUT2D eigenvalue weighted by atomic mass is 9.88. The van der Waals surface area contributed by atoms with Gasteiger partial charge in [0.25, 0.3) is 0 Å². The Morgan fingerprint density at radius 3 is 2.22 bits per heavy atom. The number of aromatic nitrogens is 2. The maximum Gasteiger partial charge on any atom is 0.248 e. The molecule has 4 N–H and O–H groups in total. The number of hydrogen-bond acceptors (Lipinski definition) is 6. The van der Waals surface area contributed by atoms with Crippen molar-refractivity contribution in [2.75, 3.05) is 23.7 Å². The Bertz CT molecular complexity index is 1490. The van der Waals surface area contributed by atoms with E-state index in [0.29, 0.717) is 34.0 Å². The number of anilines is 2. The second kappa shape index (κ2) is 8.61.